The summed E-state index contributed by atoms with van der Waals surface area (Å²) < 4.78 is 1.46. The Labute approximate surface area is 164 Å². The number of carbonyl (C=O) groups is 3. The molecule has 8 nitrogen and oxygen atoms in total. The van der Waals surface area contributed by atoms with Gasteiger partial charge in [-0.1, -0.05) is 47.0 Å². The Kier molecular flexibility index (Phi) is 4.40. The standard InChI is InChI=1S/C19H13ClN4O4/c1-2-15-16(21-22-23(15)12-7-5-6-11(20)10-12)19(27)28-24-17(25)13-8-3-4-9-14(13)18(24)26/h3-10H,2H2,1H3. The Bertz CT molecular complexity index is 1090. The third-order valence-corrected chi connectivity index (χ3v) is 4.51. The molecule has 0 saturated carbocycles. The van der Waals surface area contributed by atoms with E-state index in [1.165, 1.54) is 16.8 Å². The number of amides is 2. The summed E-state index contributed by atoms with van der Waals surface area (Å²) in [6.07, 6.45) is 0.409. The van der Waals surface area contributed by atoms with Crippen molar-refractivity contribution in [1.29, 1.82) is 0 Å². The van der Waals surface area contributed by atoms with E-state index < -0.39 is 17.8 Å². The van der Waals surface area contributed by atoms with Crippen LogP contribution in [0.3, 0.4) is 0 Å². The maximum absolute atomic E-state index is 12.6. The molecule has 0 aliphatic carbocycles. The zero-order chi connectivity index (χ0) is 19.8. The van der Waals surface area contributed by atoms with Crippen LogP contribution in [0, 0.1) is 0 Å². The van der Waals surface area contributed by atoms with E-state index in [2.05, 4.69) is 10.3 Å². The number of nitrogens with zero attached hydrogens (tertiary/aromatic N) is 4. The molecule has 4 rings (SSSR count). The minimum Gasteiger partial charge on any atom is -0.322 e. The Morgan fingerprint density at radius 1 is 1.07 bits per heavy atom. The minimum absolute atomic E-state index is 0.0842. The summed E-state index contributed by atoms with van der Waals surface area (Å²) in [5, 5.41) is 8.82. The Morgan fingerprint density at radius 3 is 2.36 bits per heavy atom. The van der Waals surface area contributed by atoms with Crippen LogP contribution in [0.15, 0.2) is 48.5 Å². The molecule has 1 aliphatic heterocycles. The van der Waals surface area contributed by atoms with Crippen LogP contribution in [-0.4, -0.2) is 37.8 Å². The average molecular weight is 397 g/mol. The second-order valence-corrected chi connectivity index (χ2v) is 6.40. The number of benzene rings is 2. The van der Waals surface area contributed by atoms with Gasteiger partial charge in [-0.15, -0.1) is 5.10 Å². The molecule has 9 heteroatoms. The van der Waals surface area contributed by atoms with Crippen molar-refractivity contribution in [3.63, 3.8) is 0 Å². The quantitative estimate of drug-likeness (QED) is 0.629. The number of carbonyl (C=O) groups excluding carboxylic acids is 3. The molecule has 3 aromatic rings. The zero-order valence-electron chi connectivity index (χ0n) is 14.6. The first-order chi connectivity index (χ1) is 13.5. The molecule has 2 heterocycles. The van der Waals surface area contributed by atoms with Crippen LogP contribution in [0.2, 0.25) is 5.02 Å². The number of hydrogen-bond donors (Lipinski definition) is 0. The van der Waals surface area contributed by atoms with Crippen molar-refractivity contribution in [3.8, 4) is 5.69 Å². The summed E-state index contributed by atoms with van der Waals surface area (Å²) in [4.78, 5) is 42.4. The molecule has 0 spiro atoms. The zero-order valence-corrected chi connectivity index (χ0v) is 15.4. The van der Waals surface area contributed by atoms with Crippen LogP contribution in [0.1, 0.15) is 43.8 Å². The number of rotatable bonds is 4. The van der Waals surface area contributed by atoms with Crippen LogP contribution in [0.5, 0.6) is 0 Å². The maximum Gasteiger partial charge on any atom is 0.386 e. The SMILES string of the molecule is CCc1c(C(=O)ON2C(=O)c3ccccc3C2=O)nnn1-c1cccc(Cl)c1. The Morgan fingerprint density at radius 2 is 1.75 bits per heavy atom. The lowest BCUT2D eigenvalue weighted by Gasteiger charge is -2.12. The van der Waals surface area contributed by atoms with Gasteiger partial charge in [0, 0.05) is 5.02 Å². The summed E-state index contributed by atoms with van der Waals surface area (Å²) in [5.74, 6) is -2.34. The summed E-state index contributed by atoms with van der Waals surface area (Å²) in [6.45, 7) is 1.82. The van der Waals surface area contributed by atoms with Gasteiger partial charge in [-0.25, -0.2) is 9.48 Å². The van der Waals surface area contributed by atoms with Crippen LogP contribution >= 0.6 is 11.6 Å². The maximum atomic E-state index is 12.6. The molecular formula is C19H13ClN4O4. The molecule has 140 valence electrons. The van der Waals surface area contributed by atoms with E-state index in [4.69, 9.17) is 16.4 Å². The first-order valence-electron chi connectivity index (χ1n) is 8.42. The predicted molar refractivity (Wildman–Crippen MR) is 98.1 cm³/mol. The molecule has 2 amide bonds. The predicted octanol–water partition coefficient (Wildman–Crippen LogP) is 2.85. The largest absolute Gasteiger partial charge is 0.386 e. The van der Waals surface area contributed by atoms with Gasteiger partial charge in [0.05, 0.1) is 22.5 Å². The highest BCUT2D eigenvalue weighted by Gasteiger charge is 2.39. The molecule has 0 fully saturated rings. The van der Waals surface area contributed by atoms with Gasteiger partial charge in [0.15, 0.2) is 5.69 Å². The van der Waals surface area contributed by atoms with Crippen molar-refractivity contribution in [3.05, 3.63) is 76.1 Å². The number of fused-ring (bicyclic) bond motifs is 1. The summed E-state index contributed by atoms with van der Waals surface area (Å²) in [7, 11) is 0. The molecule has 0 radical (unpaired) electrons. The van der Waals surface area contributed by atoms with Crippen molar-refractivity contribution in [2.45, 2.75) is 13.3 Å². The first kappa shape index (κ1) is 17.9. The van der Waals surface area contributed by atoms with E-state index in [-0.39, 0.29) is 16.8 Å². The van der Waals surface area contributed by atoms with Gasteiger partial charge in [-0.05, 0) is 36.8 Å². The highest BCUT2D eigenvalue weighted by Crippen LogP contribution is 2.24. The molecular weight excluding hydrogens is 384 g/mol. The van der Waals surface area contributed by atoms with Crippen molar-refractivity contribution in [2.24, 2.45) is 0 Å². The van der Waals surface area contributed by atoms with E-state index in [1.54, 1.807) is 36.4 Å². The van der Waals surface area contributed by atoms with E-state index in [9.17, 15) is 14.4 Å². The highest BCUT2D eigenvalue weighted by molar-refractivity contribution is 6.30. The van der Waals surface area contributed by atoms with E-state index in [0.717, 1.165) is 0 Å². The van der Waals surface area contributed by atoms with Crippen LogP contribution in [0.4, 0.5) is 0 Å². The third-order valence-electron chi connectivity index (χ3n) is 4.28. The molecule has 0 N–H and O–H groups in total. The molecule has 1 aromatic heterocycles. The van der Waals surface area contributed by atoms with Gasteiger partial charge in [-0.2, -0.15) is 0 Å². The second kappa shape index (κ2) is 6.90. The molecule has 1 aliphatic rings. The lowest BCUT2D eigenvalue weighted by Crippen LogP contribution is -2.33. The summed E-state index contributed by atoms with van der Waals surface area (Å²) >= 11 is 6.01. The van der Waals surface area contributed by atoms with Crippen molar-refractivity contribution < 1.29 is 19.2 Å². The minimum atomic E-state index is -0.945. The van der Waals surface area contributed by atoms with Gasteiger partial charge in [0.1, 0.15) is 0 Å². The molecule has 2 aromatic carbocycles. The smallest absolute Gasteiger partial charge is 0.322 e. The van der Waals surface area contributed by atoms with Gasteiger partial charge < -0.3 is 4.84 Å². The highest BCUT2D eigenvalue weighted by atomic mass is 35.5. The van der Waals surface area contributed by atoms with E-state index >= 15 is 0 Å². The Balaban J connectivity index is 1.63. The fourth-order valence-electron chi connectivity index (χ4n) is 2.97. The second-order valence-electron chi connectivity index (χ2n) is 5.96. The van der Waals surface area contributed by atoms with Gasteiger partial charge in [0.2, 0.25) is 0 Å². The number of imide groups is 1. The fraction of sp³-hybridized carbons (Fsp3) is 0.105. The van der Waals surface area contributed by atoms with Crippen LogP contribution < -0.4 is 0 Å². The topological polar surface area (TPSA) is 94.4 Å². The van der Waals surface area contributed by atoms with Crippen molar-refractivity contribution in [1.82, 2.24) is 20.1 Å². The van der Waals surface area contributed by atoms with Gasteiger partial charge in [-0.3, -0.25) is 9.59 Å². The lowest BCUT2D eigenvalue weighted by atomic mass is 10.1. The Hall–Kier alpha value is -3.52. The normalized spacial score (nSPS) is 13.0. The molecule has 0 bridgehead atoms. The summed E-state index contributed by atoms with van der Waals surface area (Å²) in [5.41, 5.74) is 1.36. The molecule has 0 saturated heterocycles. The van der Waals surface area contributed by atoms with Gasteiger partial charge in [0.25, 0.3) is 11.8 Å². The molecule has 0 unspecified atom stereocenters. The van der Waals surface area contributed by atoms with Crippen LogP contribution in [-0.2, 0) is 11.3 Å². The monoisotopic (exact) mass is 396 g/mol. The summed E-state index contributed by atoms with van der Waals surface area (Å²) in [6, 6.07) is 13.1. The number of aromatic nitrogens is 3. The first-order valence-corrected chi connectivity index (χ1v) is 8.79. The number of hydroxylamine groups is 2. The van der Waals surface area contributed by atoms with Crippen molar-refractivity contribution in [2.75, 3.05) is 0 Å². The van der Waals surface area contributed by atoms with E-state index in [1.807, 2.05) is 6.92 Å². The van der Waals surface area contributed by atoms with Crippen molar-refractivity contribution >= 4 is 29.4 Å². The number of hydrogen-bond acceptors (Lipinski definition) is 6. The average Bonchev–Trinajstić information content (AvgIpc) is 3.24. The fourth-order valence-corrected chi connectivity index (χ4v) is 3.15. The van der Waals surface area contributed by atoms with Gasteiger partial charge >= 0.3 is 5.97 Å². The van der Waals surface area contributed by atoms with E-state index in [0.29, 0.717) is 27.9 Å². The molecule has 0 atom stereocenters. The molecule has 28 heavy (non-hydrogen) atoms. The van der Waals surface area contributed by atoms with Crippen LogP contribution in [0.25, 0.3) is 5.69 Å². The third kappa shape index (κ3) is 2.84. The number of halogens is 1. The lowest BCUT2D eigenvalue weighted by molar-refractivity contribution is -0.0589.